The molecule has 456 valence electrons. The summed E-state index contributed by atoms with van der Waals surface area (Å²) in [5, 5.41) is 8.99. The molecule has 0 aliphatic rings. The van der Waals surface area contributed by atoms with Gasteiger partial charge in [-0.25, -0.2) is 0 Å². The normalized spacial score (nSPS) is 11.4. The van der Waals surface area contributed by atoms with E-state index < -0.39 is 7.14 Å². The summed E-state index contributed by atoms with van der Waals surface area (Å²) < 4.78 is 24.5. The van der Waals surface area contributed by atoms with Crippen LogP contribution in [-0.2, 0) is 4.57 Å². The maximum atomic E-state index is 17.0. The van der Waals surface area contributed by atoms with Crippen molar-refractivity contribution < 1.29 is 9.30 Å². The van der Waals surface area contributed by atoms with Gasteiger partial charge in [0.2, 0.25) is 0 Å². The van der Waals surface area contributed by atoms with E-state index in [9.17, 15) is 0 Å². The lowest BCUT2D eigenvalue weighted by Gasteiger charge is -2.27. The Balaban J connectivity index is 0.837. The molecule has 0 aliphatic heterocycles. The lowest BCUT2D eigenvalue weighted by molar-refractivity contribution is 0.488. The van der Waals surface area contributed by atoms with Crippen LogP contribution in [0.4, 0.5) is 51.2 Å². The average Bonchev–Trinajstić information content (AvgIpc) is 0.760. The van der Waals surface area contributed by atoms with Gasteiger partial charge in [-0.2, -0.15) is 0 Å². The zero-order valence-corrected chi connectivity index (χ0v) is 53.5. The minimum atomic E-state index is -3.68. The minimum Gasteiger partial charge on any atom is -0.456 e. The van der Waals surface area contributed by atoms with E-state index in [0.29, 0.717) is 27.4 Å². The monoisotopic (exact) mass is 1250 g/mol. The molecule has 6 heteroatoms. The first-order valence-electron chi connectivity index (χ1n) is 32.5. The maximum Gasteiger partial charge on any atom is 0.174 e. The molecule has 0 spiro atoms. The van der Waals surface area contributed by atoms with Gasteiger partial charge in [0.15, 0.2) is 7.14 Å². The molecule has 0 heterocycles. The van der Waals surface area contributed by atoms with Gasteiger partial charge >= 0.3 is 0 Å². The summed E-state index contributed by atoms with van der Waals surface area (Å²) in [5.74, 6) is 1.11. The van der Waals surface area contributed by atoms with E-state index in [-0.39, 0.29) is 0 Å². The zero-order valence-electron chi connectivity index (χ0n) is 52.6. The second-order valence-corrected chi connectivity index (χ2v) is 26.7. The molecule has 0 aliphatic carbocycles. The predicted octanol–water partition coefficient (Wildman–Crippen LogP) is 24.0. The Kier molecular flexibility index (Phi) is 15.9. The van der Waals surface area contributed by atoms with Crippen LogP contribution in [0.1, 0.15) is 0 Å². The van der Waals surface area contributed by atoms with E-state index in [2.05, 4.69) is 336 Å². The van der Waals surface area contributed by atoms with Crippen molar-refractivity contribution in [3.63, 3.8) is 0 Å². The summed E-state index contributed by atoms with van der Waals surface area (Å²) in [5.41, 5.74) is 15.2. The highest BCUT2D eigenvalue weighted by Crippen LogP contribution is 2.50. The molecule has 0 fully saturated rings. The molecule has 16 rings (SSSR count). The van der Waals surface area contributed by atoms with Crippen LogP contribution >= 0.6 is 7.14 Å². The number of nitrogens with zero attached hydrogens (tertiary/aromatic N) is 3. The molecule has 0 bridgehead atoms. The third-order valence-electron chi connectivity index (χ3n) is 18.2. The van der Waals surface area contributed by atoms with Crippen molar-refractivity contribution in [2.24, 2.45) is 0 Å². The molecule has 0 saturated carbocycles. The lowest BCUT2D eigenvalue weighted by atomic mass is 9.97. The largest absolute Gasteiger partial charge is 0.456 e. The standard InChI is InChI=1S/C90H64N3O2P/c94-96(79-37-12-4-13-38-79,80-39-14-5-15-40-80)90-64-72(66-49-57-77(58-50-66)92(74-33-8-2-9-34-74)86-45-23-29-68-26-17-20-42-82(68)86)54-62-89(90)95-88-61-53-71(65-47-55-76(56-48-65)91(73-31-6-1-7-32-73)85-44-22-28-67-25-16-19-41-81(67)85)63-84(88)70-51-59-78(60-52-70)93(75-35-10-3-11-36-75)87-46-24-30-69-27-18-21-43-83(69)87/h1-64H. The number of benzene rings is 16. The number of anilines is 9. The van der Waals surface area contributed by atoms with Gasteiger partial charge in [-0.1, -0.05) is 273 Å². The summed E-state index contributed by atoms with van der Waals surface area (Å²) >= 11 is 0. The van der Waals surface area contributed by atoms with E-state index >= 15 is 4.57 Å². The van der Waals surface area contributed by atoms with E-state index in [0.717, 1.165) is 101 Å². The third-order valence-corrected chi connectivity index (χ3v) is 21.2. The lowest BCUT2D eigenvalue weighted by Crippen LogP contribution is -2.26. The second-order valence-electron chi connectivity index (χ2n) is 23.9. The molecule has 16 aromatic rings. The number of para-hydroxylation sites is 3. The fourth-order valence-corrected chi connectivity index (χ4v) is 16.3. The van der Waals surface area contributed by atoms with E-state index in [1.807, 2.05) is 66.7 Å². The number of hydrogen-bond acceptors (Lipinski definition) is 5. The summed E-state index contributed by atoms with van der Waals surface area (Å²) in [7, 11) is -3.68. The van der Waals surface area contributed by atoms with Gasteiger partial charge < -0.3 is 24.0 Å². The Morgan fingerprint density at radius 2 is 0.521 bits per heavy atom. The Morgan fingerprint density at radius 3 is 0.906 bits per heavy atom. The molecule has 0 N–H and O–H groups in total. The van der Waals surface area contributed by atoms with Gasteiger partial charge in [0.1, 0.15) is 11.5 Å². The highest BCUT2D eigenvalue weighted by molar-refractivity contribution is 7.85. The molecule has 5 nitrogen and oxygen atoms in total. The van der Waals surface area contributed by atoms with Crippen LogP contribution in [0.2, 0.25) is 0 Å². The summed E-state index contributed by atoms with van der Waals surface area (Å²) in [6.07, 6.45) is 0. The SMILES string of the molecule is O=P(c1ccccc1)(c1ccccc1)c1cc(-c2ccc(N(c3ccccc3)c3cccc4ccccc34)cc2)ccc1Oc1ccc(-c2ccc(N(c3ccccc3)c3cccc4ccccc34)cc2)cc1-c1ccc(N(c2ccccc2)c2cccc3ccccc23)cc1. The first-order chi connectivity index (χ1) is 47.5. The van der Waals surface area contributed by atoms with Crippen LogP contribution in [0.15, 0.2) is 388 Å². The Labute approximate surface area is 560 Å². The number of ether oxygens (including phenoxy) is 1. The van der Waals surface area contributed by atoms with Crippen molar-refractivity contribution in [3.05, 3.63) is 388 Å². The smallest absolute Gasteiger partial charge is 0.174 e. The predicted molar refractivity (Wildman–Crippen MR) is 405 cm³/mol. The van der Waals surface area contributed by atoms with Crippen molar-refractivity contribution in [1.29, 1.82) is 0 Å². The Bertz CT molecular complexity index is 5400. The first-order valence-corrected chi connectivity index (χ1v) is 34.2. The molecule has 0 atom stereocenters. The minimum absolute atomic E-state index is 0.494. The van der Waals surface area contributed by atoms with Crippen molar-refractivity contribution in [3.8, 4) is 44.9 Å². The first kappa shape index (κ1) is 58.8. The van der Waals surface area contributed by atoms with E-state index in [1.165, 1.54) is 16.2 Å². The van der Waals surface area contributed by atoms with Gasteiger partial charge in [0.05, 0.1) is 22.4 Å². The van der Waals surface area contributed by atoms with Crippen LogP contribution in [0.5, 0.6) is 11.5 Å². The molecular weight excluding hydrogens is 1190 g/mol. The highest BCUT2D eigenvalue weighted by Gasteiger charge is 2.34. The second kappa shape index (κ2) is 26.0. The van der Waals surface area contributed by atoms with Crippen LogP contribution in [0.3, 0.4) is 0 Å². The molecule has 0 amide bonds. The molecular formula is C90H64N3O2P. The highest BCUT2D eigenvalue weighted by atomic mass is 31.2. The van der Waals surface area contributed by atoms with Crippen molar-refractivity contribution in [2.45, 2.75) is 0 Å². The van der Waals surface area contributed by atoms with Gasteiger partial charge in [-0.15, -0.1) is 0 Å². The topological polar surface area (TPSA) is 36.0 Å². The van der Waals surface area contributed by atoms with Crippen molar-refractivity contribution in [2.75, 3.05) is 14.7 Å². The zero-order chi connectivity index (χ0) is 64.2. The van der Waals surface area contributed by atoms with Gasteiger partial charge in [0, 0.05) is 66.5 Å². The fourth-order valence-electron chi connectivity index (χ4n) is 13.5. The summed E-state index contributed by atoms with van der Waals surface area (Å²) in [6.45, 7) is 0. The quantitative estimate of drug-likeness (QED) is 0.0849. The number of fused-ring (bicyclic) bond motifs is 3. The van der Waals surface area contributed by atoms with E-state index in [4.69, 9.17) is 4.74 Å². The molecule has 96 heavy (non-hydrogen) atoms. The summed E-state index contributed by atoms with van der Waals surface area (Å²) in [6, 6.07) is 135. The fraction of sp³-hybridized carbons (Fsp3) is 0. The Hall–Kier alpha value is -12.3. The molecule has 16 aromatic carbocycles. The Morgan fingerprint density at radius 1 is 0.229 bits per heavy atom. The molecule has 0 radical (unpaired) electrons. The van der Waals surface area contributed by atoms with Crippen molar-refractivity contribution >= 4 is 107 Å². The molecule has 0 unspecified atom stereocenters. The average molecular weight is 1250 g/mol. The summed E-state index contributed by atoms with van der Waals surface area (Å²) in [4.78, 5) is 6.98. The molecule has 0 saturated heterocycles. The van der Waals surface area contributed by atoms with Gasteiger partial charge in [0.25, 0.3) is 0 Å². The van der Waals surface area contributed by atoms with Crippen LogP contribution in [0.25, 0.3) is 65.7 Å². The van der Waals surface area contributed by atoms with Crippen LogP contribution < -0.4 is 35.4 Å². The maximum absolute atomic E-state index is 17.0. The number of hydrogen-bond donors (Lipinski definition) is 0. The van der Waals surface area contributed by atoms with E-state index in [1.54, 1.807) is 0 Å². The van der Waals surface area contributed by atoms with Gasteiger partial charge in [-0.05, 0) is 159 Å². The number of rotatable bonds is 17. The van der Waals surface area contributed by atoms with Crippen molar-refractivity contribution in [1.82, 2.24) is 0 Å². The van der Waals surface area contributed by atoms with Crippen LogP contribution in [0, 0.1) is 0 Å². The van der Waals surface area contributed by atoms with Gasteiger partial charge in [-0.3, -0.25) is 0 Å². The third kappa shape index (κ3) is 11.3. The van der Waals surface area contributed by atoms with Crippen LogP contribution in [-0.4, -0.2) is 0 Å². The molecule has 0 aromatic heterocycles.